The Balaban J connectivity index is 2.80. The molecule has 0 N–H and O–H groups in total. The monoisotopic (exact) mass is 269 g/mol. The van der Waals surface area contributed by atoms with Crippen molar-refractivity contribution in [1.82, 2.24) is 14.7 Å². The van der Waals surface area contributed by atoms with Gasteiger partial charge in [-0.25, -0.2) is 4.68 Å². The molecule has 0 aromatic carbocycles. The van der Waals surface area contributed by atoms with Crippen molar-refractivity contribution in [3.8, 4) is 5.88 Å². The lowest BCUT2D eigenvalue weighted by Crippen LogP contribution is -2.36. The fraction of sp³-hybridized carbons (Fsp3) is 0.583. The van der Waals surface area contributed by atoms with Crippen LogP contribution in [0, 0.1) is 0 Å². The third-order valence-corrected chi connectivity index (χ3v) is 2.56. The normalized spacial score (nSPS) is 10.1. The van der Waals surface area contributed by atoms with Gasteiger partial charge in [0.2, 0.25) is 5.88 Å². The van der Waals surface area contributed by atoms with E-state index in [-0.39, 0.29) is 18.1 Å². The number of hydrogen-bond donors (Lipinski definition) is 0. The lowest BCUT2D eigenvalue weighted by Gasteiger charge is -2.18. The number of aromatic nitrogens is 2. The average molecular weight is 269 g/mol. The standard InChI is InChI=1S/C12H19N3O4/c1-5-15(8-11(16)19-6-2)12(17)9-7-10(18-4)14(3)13-9/h7H,5-6,8H2,1-4H3. The summed E-state index contributed by atoms with van der Waals surface area (Å²) >= 11 is 0. The molecule has 0 radical (unpaired) electrons. The maximum Gasteiger partial charge on any atom is 0.325 e. The molecule has 0 saturated carbocycles. The number of carbonyl (C=O) groups excluding carboxylic acids is 2. The summed E-state index contributed by atoms with van der Waals surface area (Å²) < 4.78 is 11.3. The van der Waals surface area contributed by atoms with E-state index in [9.17, 15) is 9.59 Å². The second-order valence-corrected chi connectivity index (χ2v) is 3.82. The number of rotatable bonds is 6. The van der Waals surface area contributed by atoms with Gasteiger partial charge in [-0.3, -0.25) is 9.59 Å². The summed E-state index contributed by atoms with van der Waals surface area (Å²) in [4.78, 5) is 25.0. The highest BCUT2D eigenvalue weighted by atomic mass is 16.5. The van der Waals surface area contributed by atoms with Crippen LogP contribution in [-0.4, -0.2) is 53.4 Å². The van der Waals surface area contributed by atoms with Crippen molar-refractivity contribution < 1.29 is 19.1 Å². The van der Waals surface area contributed by atoms with E-state index in [2.05, 4.69) is 5.10 Å². The van der Waals surface area contributed by atoms with Crippen molar-refractivity contribution in [2.75, 3.05) is 26.8 Å². The zero-order valence-corrected chi connectivity index (χ0v) is 11.7. The van der Waals surface area contributed by atoms with Crippen molar-refractivity contribution >= 4 is 11.9 Å². The zero-order chi connectivity index (χ0) is 14.4. The molecule has 1 amide bonds. The fourth-order valence-electron chi connectivity index (χ4n) is 1.60. The number of esters is 1. The molecule has 0 unspecified atom stereocenters. The molecular weight excluding hydrogens is 250 g/mol. The Morgan fingerprint density at radius 2 is 2.11 bits per heavy atom. The van der Waals surface area contributed by atoms with Gasteiger partial charge in [0.25, 0.3) is 5.91 Å². The molecule has 19 heavy (non-hydrogen) atoms. The molecule has 7 heteroatoms. The van der Waals surface area contributed by atoms with Crippen LogP contribution in [0.4, 0.5) is 0 Å². The van der Waals surface area contributed by atoms with E-state index in [0.717, 1.165) is 0 Å². The molecule has 0 saturated heterocycles. The van der Waals surface area contributed by atoms with Crippen LogP contribution in [0.5, 0.6) is 5.88 Å². The number of likely N-dealkylation sites (N-methyl/N-ethyl adjacent to an activating group) is 1. The molecule has 0 fully saturated rings. The van der Waals surface area contributed by atoms with Crippen molar-refractivity contribution in [3.63, 3.8) is 0 Å². The van der Waals surface area contributed by atoms with Gasteiger partial charge in [0.05, 0.1) is 13.7 Å². The van der Waals surface area contributed by atoms with Crippen molar-refractivity contribution in [3.05, 3.63) is 11.8 Å². The lowest BCUT2D eigenvalue weighted by molar-refractivity contribution is -0.143. The number of aryl methyl sites for hydroxylation is 1. The van der Waals surface area contributed by atoms with Crippen LogP contribution in [0.1, 0.15) is 24.3 Å². The molecule has 0 aliphatic carbocycles. The molecule has 0 spiro atoms. The maximum absolute atomic E-state index is 12.2. The largest absolute Gasteiger partial charge is 0.481 e. The summed E-state index contributed by atoms with van der Waals surface area (Å²) in [6.45, 7) is 4.12. The van der Waals surface area contributed by atoms with Gasteiger partial charge in [-0.05, 0) is 13.8 Å². The summed E-state index contributed by atoms with van der Waals surface area (Å²) in [7, 11) is 3.18. The van der Waals surface area contributed by atoms with E-state index in [4.69, 9.17) is 9.47 Å². The molecule has 0 bridgehead atoms. The first-order valence-electron chi connectivity index (χ1n) is 6.06. The summed E-state index contributed by atoms with van der Waals surface area (Å²) in [6, 6.07) is 1.54. The van der Waals surface area contributed by atoms with Crippen LogP contribution >= 0.6 is 0 Å². The van der Waals surface area contributed by atoms with Crippen LogP contribution < -0.4 is 4.74 Å². The molecular formula is C12H19N3O4. The Hall–Kier alpha value is -2.05. The molecule has 1 rings (SSSR count). The van der Waals surface area contributed by atoms with Gasteiger partial charge in [-0.15, -0.1) is 0 Å². The quantitative estimate of drug-likeness (QED) is 0.701. The van der Waals surface area contributed by atoms with E-state index >= 15 is 0 Å². The summed E-state index contributed by atoms with van der Waals surface area (Å²) in [5, 5.41) is 4.05. The van der Waals surface area contributed by atoms with E-state index in [1.54, 1.807) is 20.9 Å². The number of hydrogen-bond acceptors (Lipinski definition) is 5. The third-order valence-electron chi connectivity index (χ3n) is 2.56. The first-order chi connectivity index (χ1) is 9.03. The molecule has 0 aliphatic rings. The van der Waals surface area contributed by atoms with Crippen LogP contribution in [0.25, 0.3) is 0 Å². The van der Waals surface area contributed by atoms with Gasteiger partial charge in [0.1, 0.15) is 6.54 Å². The fourth-order valence-corrected chi connectivity index (χ4v) is 1.60. The van der Waals surface area contributed by atoms with E-state index in [0.29, 0.717) is 19.0 Å². The Labute approximate surface area is 112 Å². The van der Waals surface area contributed by atoms with Gasteiger partial charge < -0.3 is 14.4 Å². The first-order valence-corrected chi connectivity index (χ1v) is 6.06. The third kappa shape index (κ3) is 3.70. The number of nitrogens with zero attached hydrogens (tertiary/aromatic N) is 3. The van der Waals surface area contributed by atoms with Gasteiger partial charge in [-0.2, -0.15) is 5.10 Å². The molecule has 7 nitrogen and oxygen atoms in total. The van der Waals surface area contributed by atoms with Crippen molar-refractivity contribution in [1.29, 1.82) is 0 Å². The maximum atomic E-state index is 12.2. The number of ether oxygens (including phenoxy) is 2. The minimum atomic E-state index is -0.430. The van der Waals surface area contributed by atoms with Crippen LogP contribution in [0.15, 0.2) is 6.07 Å². The second kappa shape index (κ2) is 6.77. The highest BCUT2D eigenvalue weighted by Gasteiger charge is 2.21. The molecule has 0 atom stereocenters. The summed E-state index contributed by atoms with van der Waals surface area (Å²) in [6.07, 6.45) is 0. The molecule has 1 heterocycles. The number of amides is 1. The highest BCUT2D eigenvalue weighted by molar-refractivity contribution is 5.94. The van der Waals surface area contributed by atoms with Gasteiger partial charge >= 0.3 is 5.97 Å². The zero-order valence-electron chi connectivity index (χ0n) is 11.7. The van der Waals surface area contributed by atoms with Crippen LogP contribution in [-0.2, 0) is 16.6 Å². The van der Waals surface area contributed by atoms with E-state index in [1.165, 1.54) is 22.8 Å². The summed E-state index contributed by atoms with van der Waals surface area (Å²) in [5.41, 5.74) is 0.241. The molecule has 1 aromatic rings. The summed E-state index contributed by atoms with van der Waals surface area (Å²) in [5.74, 6) is -0.273. The minimum Gasteiger partial charge on any atom is -0.481 e. The smallest absolute Gasteiger partial charge is 0.325 e. The second-order valence-electron chi connectivity index (χ2n) is 3.82. The molecule has 0 aliphatic heterocycles. The Bertz CT molecular complexity index is 456. The van der Waals surface area contributed by atoms with Crippen LogP contribution in [0.3, 0.4) is 0 Å². The lowest BCUT2D eigenvalue weighted by atomic mass is 10.3. The van der Waals surface area contributed by atoms with E-state index in [1.807, 2.05) is 0 Å². The SMILES string of the molecule is CCOC(=O)CN(CC)C(=O)c1cc(OC)n(C)n1. The number of carbonyl (C=O) groups is 2. The van der Waals surface area contributed by atoms with E-state index < -0.39 is 5.97 Å². The predicted molar refractivity (Wildman–Crippen MR) is 68.0 cm³/mol. The topological polar surface area (TPSA) is 73.7 Å². The van der Waals surface area contributed by atoms with Crippen molar-refractivity contribution in [2.24, 2.45) is 7.05 Å². The van der Waals surface area contributed by atoms with Gasteiger partial charge in [0, 0.05) is 19.7 Å². The number of methoxy groups -OCH3 is 1. The highest BCUT2D eigenvalue weighted by Crippen LogP contribution is 2.13. The Morgan fingerprint density at radius 3 is 2.58 bits per heavy atom. The average Bonchev–Trinajstić information content (AvgIpc) is 2.76. The van der Waals surface area contributed by atoms with Crippen LogP contribution in [0.2, 0.25) is 0 Å². The van der Waals surface area contributed by atoms with Gasteiger partial charge in [-0.1, -0.05) is 0 Å². The van der Waals surface area contributed by atoms with Crippen molar-refractivity contribution in [2.45, 2.75) is 13.8 Å². The molecule has 1 aromatic heterocycles. The Morgan fingerprint density at radius 1 is 1.42 bits per heavy atom. The minimum absolute atomic E-state index is 0.0813. The molecule has 106 valence electrons. The first kappa shape index (κ1) is 15.0. The predicted octanol–water partition coefficient (Wildman–Crippen LogP) is 0.454. The van der Waals surface area contributed by atoms with Gasteiger partial charge in [0.15, 0.2) is 5.69 Å². The Kier molecular flexibility index (Phi) is 5.35.